The molecule has 2 atom stereocenters. The number of ether oxygens (including phenoxy) is 1. The van der Waals surface area contributed by atoms with Gasteiger partial charge in [0.15, 0.2) is 0 Å². The zero-order valence-corrected chi connectivity index (χ0v) is 14.7. The summed E-state index contributed by atoms with van der Waals surface area (Å²) in [4.78, 5) is 13.9. The standard InChI is InChI=1S/C20H23NO4/c1-20(2,3)25-19(23)21-16(17-10-7-11-24-17)12-15(13-18(21)22)14-8-5-4-6-9-14/h4-12,15,18,22H,13H2,1-3H3/t15-,18+/m0/s1. The van der Waals surface area contributed by atoms with Gasteiger partial charge < -0.3 is 14.3 Å². The molecule has 1 aromatic carbocycles. The van der Waals surface area contributed by atoms with Gasteiger partial charge in [-0.2, -0.15) is 0 Å². The molecule has 0 saturated carbocycles. The van der Waals surface area contributed by atoms with Crippen molar-refractivity contribution in [1.29, 1.82) is 0 Å². The summed E-state index contributed by atoms with van der Waals surface area (Å²) in [5.41, 5.74) is 0.947. The Hall–Kier alpha value is -2.53. The molecule has 1 aromatic heterocycles. The van der Waals surface area contributed by atoms with Crippen molar-refractivity contribution in [3.8, 4) is 0 Å². The Morgan fingerprint density at radius 2 is 1.92 bits per heavy atom. The maximum atomic E-state index is 12.6. The highest BCUT2D eigenvalue weighted by molar-refractivity contribution is 5.82. The Morgan fingerprint density at radius 1 is 1.20 bits per heavy atom. The molecule has 2 heterocycles. The van der Waals surface area contributed by atoms with Crippen molar-refractivity contribution in [1.82, 2.24) is 4.90 Å². The van der Waals surface area contributed by atoms with Gasteiger partial charge in [0, 0.05) is 12.3 Å². The van der Waals surface area contributed by atoms with Crippen LogP contribution in [0, 0.1) is 0 Å². The highest BCUT2D eigenvalue weighted by atomic mass is 16.6. The molecule has 1 N–H and O–H groups in total. The van der Waals surface area contributed by atoms with E-state index >= 15 is 0 Å². The van der Waals surface area contributed by atoms with Gasteiger partial charge in [0.05, 0.1) is 12.0 Å². The van der Waals surface area contributed by atoms with Crippen LogP contribution < -0.4 is 0 Å². The van der Waals surface area contributed by atoms with Gasteiger partial charge in [-0.3, -0.25) is 0 Å². The zero-order valence-electron chi connectivity index (χ0n) is 14.7. The third-order valence-corrected chi connectivity index (χ3v) is 3.97. The normalized spacial score (nSPS) is 21.0. The number of nitrogens with zero attached hydrogens (tertiary/aromatic N) is 1. The van der Waals surface area contributed by atoms with Crippen molar-refractivity contribution in [2.24, 2.45) is 0 Å². The first-order valence-electron chi connectivity index (χ1n) is 8.36. The summed E-state index contributed by atoms with van der Waals surface area (Å²) in [7, 11) is 0. The van der Waals surface area contributed by atoms with Gasteiger partial charge in [-0.1, -0.05) is 30.3 Å². The average molecular weight is 341 g/mol. The molecule has 132 valence electrons. The second-order valence-corrected chi connectivity index (χ2v) is 7.11. The summed E-state index contributed by atoms with van der Waals surface area (Å²) in [5.74, 6) is 0.500. The first kappa shape index (κ1) is 17.3. The van der Waals surface area contributed by atoms with Crippen molar-refractivity contribution in [3.05, 3.63) is 66.1 Å². The lowest BCUT2D eigenvalue weighted by molar-refractivity contribution is -0.0141. The summed E-state index contributed by atoms with van der Waals surface area (Å²) in [6, 6.07) is 13.4. The third-order valence-electron chi connectivity index (χ3n) is 3.97. The number of carbonyl (C=O) groups is 1. The van der Waals surface area contributed by atoms with Crippen LogP contribution in [0.25, 0.3) is 5.70 Å². The van der Waals surface area contributed by atoms with E-state index in [2.05, 4.69) is 0 Å². The van der Waals surface area contributed by atoms with Crippen molar-refractivity contribution in [3.63, 3.8) is 0 Å². The maximum Gasteiger partial charge on any atom is 0.417 e. The molecule has 5 nitrogen and oxygen atoms in total. The Balaban J connectivity index is 1.99. The minimum absolute atomic E-state index is 0.0185. The van der Waals surface area contributed by atoms with Crippen LogP contribution in [-0.2, 0) is 4.74 Å². The summed E-state index contributed by atoms with van der Waals surface area (Å²) in [5, 5.41) is 10.7. The first-order chi connectivity index (χ1) is 11.8. The molecule has 2 aromatic rings. The molecular formula is C20H23NO4. The fraction of sp³-hybridized carbons (Fsp3) is 0.350. The largest absolute Gasteiger partial charge is 0.463 e. The Morgan fingerprint density at radius 3 is 2.52 bits per heavy atom. The molecule has 5 heteroatoms. The highest BCUT2D eigenvalue weighted by Gasteiger charge is 2.37. The number of furan rings is 1. The second-order valence-electron chi connectivity index (χ2n) is 7.11. The van der Waals surface area contributed by atoms with Crippen molar-refractivity contribution < 1.29 is 19.1 Å². The Kier molecular flexibility index (Phi) is 4.68. The molecule has 0 radical (unpaired) electrons. The lowest BCUT2D eigenvalue weighted by atomic mass is 9.90. The van der Waals surface area contributed by atoms with Gasteiger partial charge >= 0.3 is 6.09 Å². The van der Waals surface area contributed by atoms with E-state index in [1.807, 2.05) is 36.4 Å². The fourth-order valence-corrected chi connectivity index (χ4v) is 2.92. The van der Waals surface area contributed by atoms with Crippen LogP contribution in [0.5, 0.6) is 0 Å². The van der Waals surface area contributed by atoms with E-state index in [-0.39, 0.29) is 5.92 Å². The lowest BCUT2D eigenvalue weighted by Crippen LogP contribution is -2.44. The van der Waals surface area contributed by atoms with E-state index in [0.29, 0.717) is 17.9 Å². The van der Waals surface area contributed by atoms with Gasteiger partial charge in [-0.05, 0) is 44.5 Å². The quantitative estimate of drug-likeness (QED) is 0.881. The van der Waals surface area contributed by atoms with Crippen molar-refractivity contribution >= 4 is 11.8 Å². The van der Waals surface area contributed by atoms with E-state index in [1.165, 1.54) is 4.90 Å². The fourth-order valence-electron chi connectivity index (χ4n) is 2.92. The van der Waals surface area contributed by atoms with E-state index in [1.54, 1.807) is 39.2 Å². The molecule has 0 fully saturated rings. The minimum Gasteiger partial charge on any atom is -0.463 e. The highest BCUT2D eigenvalue weighted by Crippen LogP contribution is 2.37. The Bertz CT molecular complexity index is 744. The van der Waals surface area contributed by atoms with Crippen LogP contribution in [-0.4, -0.2) is 27.9 Å². The second kappa shape index (κ2) is 6.76. The Labute approximate surface area is 147 Å². The third kappa shape index (κ3) is 3.94. The maximum absolute atomic E-state index is 12.6. The number of hydrogen-bond acceptors (Lipinski definition) is 4. The zero-order chi connectivity index (χ0) is 18.0. The van der Waals surface area contributed by atoms with Crippen molar-refractivity contribution in [2.75, 3.05) is 0 Å². The molecule has 0 saturated heterocycles. The first-order valence-corrected chi connectivity index (χ1v) is 8.36. The van der Waals surface area contributed by atoms with Gasteiger partial charge in [-0.25, -0.2) is 9.69 Å². The van der Waals surface area contributed by atoms with Gasteiger partial charge in [0.25, 0.3) is 0 Å². The number of carbonyl (C=O) groups excluding carboxylic acids is 1. The van der Waals surface area contributed by atoms with Gasteiger partial charge in [0.2, 0.25) is 0 Å². The summed E-state index contributed by atoms with van der Waals surface area (Å²) < 4.78 is 10.9. The number of amides is 1. The predicted octanol–water partition coefficient (Wildman–Crippen LogP) is 4.36. The smallest absolute Gasteiger partial charge is 0.417 e. The molecule has 0 spiro atoms. The summed E-state index contributed by atoms with van der Waals surface area (Å²) >= 11 is 0. The number of hydrogen-bond donors (Lipinski definition) is 1. The van der Waals surface area contributed by atoms with Crippen LogP contribution in [0.2, 0.25) is 0 Å². The number of aliphatic hydroxyl groups is 1. The van der Waals surface area contributed by atoms with E-state index in [0.717, 1.165) is 5.56 Å². The molecule has 0 bridgehead atoms. The van der Waals surface area contributed by atoms with Crippen LogP contribution in [0.15, 0.2) is 59.2 Å². The molecule has 0 aliphatic carbocycles. The number of benzene rings is 1. The summed E-state index contributed by atoms with van der Waals surface area (Å²) in [6.45, 7) is 5.39. The number of aliphatic hydroxyl groups excluding tert-OH is 1. The molecule has 1 aliphatic heterocycles. The molecule has 1 amide bonds. The van der Waals surface area contributed by atoms with E-state index in [9.17, 15) is 9.90 Å². The monoisotopic (exact) mass is 341 g/mol. The number of rotatable bonds is 2. The van der Waals surface area contributed by atoms with Crippen LogP contribution >= 0.6 is 0 Å². The predicted molar refractivity (Wildman–Crippen MR) is 94.6 cm³/mol. The van der Waals surface area contributed by atoms with Crippen molar-refractivity contribution in [2.45, 2.75) is 44.9 Å². The van der Waals surface area contributed by atoms with Gasteiger partial charge in [-0.15, -0.1) is 0 Å². The molecule has 25 heavy (non-hydrogen) atoms. The molecular weight excluding hydrogens is 318 g/mol. The van der Waals surface area contributed by atoms with Crippen LogP contribution in [0.1, 0.15) is 44.4 Å². The summed E-state index contributed by atoms with van der Waals surface area (Å²) in [6.07, 6.45) is 2.31. The SMILES string of the molecule is CC(C)(C)OC(=O)N1C(c2ccco2)=C[C@H](c2ccccc2)C[C@H]1O. The molecule has 1 aliphatic rings. The van der Waals surface area contributed by atoms with Crippen LogP contribution in [0.4, 0.5) is 4.79 Å². The molecule has 0 unspecified atom stereocenters. The number of allylic oxidation sites excluding steroid dienone is 1. The minimum atomic E-state index is -0.995. The lowest BCUT2D eigenvalue weighted by Gasteiger charge is -2.36. The van der Waals surface area contributed by atoms with E-state index < -0.39 is 17.9 Å². The van der Waals surface area contributed by atoms with Crippen LogP contribution in [0.3, 0.4) is 0 Å². The molecule has 3 rings (SSSR count). The van der Waals surface area contributed by atoms with E-state index in [4.69, 9.17) is 9.15 Å². The average Bonchev–Trinajstić information content (AvgIpc) is 3.07. The van der Waals surface area contributed by atoms with Gasteiger partial charge in [0.1, 0.15) is 17.6 Å². The topological polar surface area (TPSA) is 62.9 Å².